The van der Waals surface area contributed by atoms with Gasteiger partial charge in [0.15, 0.2) is 0 Å². The number of benzene rings is 1. The standard InChI is InChI=1S/C11H16BrNO/c1-8-4-5-10(12)11(6-8)13-9(2)7-14-3/h4-6,9,13H,7H2,1-3H3/t9-/m1/s1. The van der Waals surface area contributed by atoms with Crippen molar-refractivity contribution in [3.63, 3.8) is 0 Å². The summed E-state index contributed by atoms with van der Waals surface area (Å²) in [6, 6.07) is 6.57. The molecule has 2 nitrogen and oxygen atoms in total. The first-order valence-electron chi connectivity index (χ1n) is 4.65. The van der Waals surface area contributed by atoms with Gasteiger partial charge in [-0.25, -0.2) is 0 Å². The first-order chi connectivity index (χ1) is 6.63. The largest absolute Gasteiger partial charge is 0.383 e. The molecule has 0 aliphatic rings. The molecule has 0 aliphatic carbocycles. The molecular formula is C11H16BrNO. The van der Waals surface area contributed by atoms with Crippen molar-refractivity contribution in [1.29, 1.82) is 0 Å². The molecule has 0 saturated carbocycles. The van der Waals surface area contributed by atoms with Gasteiger partial charge < -0.3 is 10.1 Å². The van der Waals surface area contributed by atoms with E-state index in [2.05, 4.69) is 53.3 Å². The zero-order chi connectivity index (χ0) is 10.6. The second kappa shape index (κ2) is 5.37. The zero-order valence-corrected chi connectivity index (χ0v) is 10.4. The fourth-order valence-electron chi connectivity index (χ4n) is 1.31. The van der Waals surface area contributed by atoms with Crippen LogP contribution < -0.4 is 5.32 Å². The van der Waals surface area contributed by atoms with Gasteiger partial charge in [-0.05, 0) is 47.5 Å². The van der Waals surface area contributed by atoms with Crippen molar-refractivity contribution in [2.45, 2.75) is 19.9 Å². The Kier molecular flexibility index (Phi) is 4.42. The monoisotopic (exact) mass is 257 g/mol. The molecule has 0 heterocycles. The molecule has 0 aromatic heterocycles. The number of hydrogen-bond acceptors (Lipinski definition) is 2. The summed E-state index contributed by atoms with van der Waals surface area (Å²) in [5, 5.41) is 3.38. The van der Waals surface area contributed by atoms with Gasteiger partial charge in [-0.15, -0.1) is 0 Å². The minimum absolute atomic E-state index is 0.318. The number of aryl methyl sites for hydroxylation is 1. The molecule has 1 aromatic carbocycles. The van der Waals surface area contributed by atoms with E-state index < -0.39 is 0 Å². The van der Waals surface area contributed by atoms with Gasteiger partial charge in [0.25, 0.3) is 0 Å². The van der Waals surface area contributed by atoms with Crippen LogP contribution in [0.5, 0.6) is 0 Å². The van der Waals surface area contributed by atoms with Crippen LogP contribution in [0.2, 0.25) is 0 Å². The summed E-state index contributed by atoms with van der Waals surface area (Å²) < 4.78 is 6.16. The Morgan fingerprint density at radius 2 is 2.21 bits per heavy atom. The maximum absolute atomic E-state index is 5.07. The lowest BCUT2D eigenvalue weighted by molar-refractivity contribution is 0.190. The number of methoxy groups -OCH3 is 1. The van der Waals surface area contributed by atoms with Crippen LogP contribution in [0, 0.1) is 6.92 Å². The molecule has 0 saturated heterocycles. The van der Waals surface area contributed by atoms with Crippen LogP contribution in [0.25, 0.3) is 0 Å². The number of rotatable bonds is 4. The molecule has 0 bridgehead atoms. The summed E-state index contributed by atoms with van der Waals surface area (Å²) in [5.74, 6) is 0. The van der Waals surface area contributed by atoms with E-state index >= 15 is 0 Å². The Hall–Kier alpha value is -0.540. The smallest absolute Gasteiger partial charge is 0.0661 e. The topological polar surface area (TPSA) is 21.3 Å². The molecule has 1 N–H and O–H groups in total. The van der Waals surface area contributed by atoms with Gasteiger partial charge in [0, 0.05) is 23.3 Å². The second-order valence-corrected chi connectivity index (χ2v) is 4.34. The number of anilines is 1. The van der Waals surface area contributed by atoms with E-state index in [9.17, 15) is 0 Å². The Bertz CT molecular complexity index is 301. The van der Waals surface area contributed by atoms with Gasteiger partial charge in [-0.3, -0.25) is 0 Å². The van der Waals surface area contributed by atoms with Crippen LogP contribution in [0.3, 0.4) is 0 Å². The predicted molar refractivity (Wildman–Crippen MR) is 63.8 cm³/mol. The first kappa shape index (κ1) is 11.5. The van der Waals surface area contributed by atoms with Gasteiger partial charge in [-0.2, -0.15) is 0 Å². The molecule has 1 atom stereocenters. The summed E-state index contributed by atoms with van der Waals surface area (Å²) in [5.41, 5.74) is 2.37. The molecule has 0 radical (unpaired) electrons. The van der Waals surface area contributed by atoms with E-state index in [1.54, 1.807) is 7.11 Å². The summed E-state index contributed by atoms with van der Waals surface area (Å²) in [7, 11) is 1.71. The fraction of sp³-hybridized carbons (Fsp3) is 0.455. The van der Waals surface area contributed by atoms with E-state index in [0.29, 0.717) is 12.6 Å². The lowest BCUT2D eigenvalue weighted by atomic mass is 10.2. The third-order valence-electron chi connectivity index (χ3n) is 1.94. The Labute approximate surface area is 93.8 Å². The van der Waals surface area contributed by atoms with Crippen LogP contribution >= 0.6 is 15.9 Å². The highest BCUT2D eigenvalue weighted by atomic mass is 79.9. The van der Waals surface area contributed by atoms with Gasteiger partial charge in [0.2, 0.25) is 0 Å². The van der Waals surface area contributed by atoms with Gasteiger partial charge in [-0.1, -0.05) is 6.07 Å². The lowest BCUT2D eigenvalue weighted by Gasteiger charge is -2.15. The maximum Gasteiger partial charge on any atom is 0.0661 e. The molecule has 78 valence electrons. The summed E-state index contributed by atoms with van der Waals surface area (Å²) in [6.07, 6.45) is 0. The molecule has 1 aromatic rings. The highest BCUT2D eigenvalue weighted by Crippen LogP contribution is 2.23. The summed E-state index contributed by atoms with van der Waals surface area (Å²) in [6.45, 7) is 4.89. The van der Waals surface area contributed by atoms with Crippen LogP contribution in [-0.2, 0) is 4.74 Å². The average Bonchev–Trinajstić information content (AvgIpc) is 2.12. The highest BCUT2D eigenvalue weighted by molar-refractivity contribution is 9.10. The fourth-order valence-corrected chi connectivity index (χ4v) is 1.67. The maximum atomic E-state index is 5.07. The van der Waals surface area contributed by atoms with E-state index in [-0.39, 0.29) is 0 Å². The average molecular weight is 258 g/mol. The zero-order valence-electron chi connectivity index (χ0n) is 8.80. The molecular weight excluding hydrogens is 242 g/mol. The highest BCUT2D eigenvalue weighted by Gasteiger charge is 2.04. The van der Waals surface area contributed by atoms with E-state index in [0.717, 1.165) is 10.2 Å². The number of ether oxygens (including phenoxy) is 1. The molecule has 0 fully saturated rings. The SMILES string of the molecule is COC[C@@H](C)Nc1cc(C)ccc1Br. The first-order valence-corrected chi connectivity index (χ1v) is 5.44. The summed E-state index contributed by atoms with van der Waals surface area (Å²) in [4.78, 5) is 0. The van der Waals surface area contributed by atoms with E-state index in [1.807, 2.05) is 0 Å². The molecule has 0 aliphatic heterocycles. The van der Waals surface area contributed by atoms with Crippen molar-refractivity contribution in [3.05, 3.63) is 28.2 Å². The Morgan fingerprint density at radius 3 is 2.86 bits per heavy atom. The van der Waals surface area contributed by atoms with Gasteiger partial charge >= 0.3 is 0 Å². The third-order valence-corrected chi connectivity index (χ3v) is 2.63. The van der Waals surface area contributed by atoms with Crippen molar-refractivity contribution in [2.24, 2.45) is 0 Å². The normalized spacial score (nSPS) is 12.6. The van der Waals surface area contributed by atoms with Gasteiger partial charge in [0.1, 0.15) is 0 Å². The third kappa shape index (κ3) is 3.31. The van der Waals surface area contributed by atoms with Crippen LogP contribution in [0.4, 0.5) is 5.69 Å². The number of hydrogen-bond donors (Lipinski definition) is 1. The van der Waals surface area contributed by atoms with E-state index in [1.165, 1.54) is 5.56 Å². The quantitative estimate of drug-likeness (QED) is 0.895. The van der Waals surface area contributed by atoms with Gasteiger partial charge in [0.05, 0.1) is 6.61 Å². The van der Waals surface area contributed by atoms with E-state index in [4.69, 9.17) is 4.74 Å². The Morgan fingerprint density at radius 1 is 1.50 bits per heavy atom. The molecule has 3 heteroatoms. The van der Waals surface area contributed by atoms with Crippen molar-refractivity contribution in [3.8, 4) is 0 Å². The molecule has 14 heavy (non-hydrogen) atoms. The molecule has 1 rings (SSSR count). The van der Waals surface area contributed by atoms with Crippen molar-refractivity contribution in [1.82, 2.24) is 0 Å². The molecule has 0 unspecified atom stereocenters. The molecule has 0 spiro atoms. The van der Waals surface area contributed by atoms with Crippen molar-refractivity contribution < 1.29 is 4.74 Å². The van der Waals surface area contributed by atoms with Crippen molar-refractivity contribution in [2.75, 3.05) is 19.0 Å². The predicted octanol–water partition coefficient (Wildman–Crippen LogP) is 3.20. The summed E-state index contributed by atoms with van der Waals surface area (Å²) >= 11 is 3.51. The van der Waals surface area contributed by atoms with Crippen LogP contribution in [-0.4, -0.2) is 19.8 Å². The lowest BCUT2D eigenvalue weighted by Crippen LogP contribution is -2.20. The Balaban J connectivity index is 2.70. The van der Waals surface area contributed by atoms with Crippen molar-refractivity contribution >= 4 is 21.6 Å². The van der Waals surface area contributed by atoms with Crippen LogP contribution in [0.1, 0.15) is 12.5 Å². The minimum atomic E-state index is 0.318. The minimum Gasteiger partial charge on any atom is -0.383 e. The number of nitrogens with one attached hydrogen (secondary N) is 1. The number of halogens is 1. The molecule has 0 amide bonds. The van der Waals surface area contributed by atoms with Crippen LogP contribution in [0.15, 0.2) is 22.7 Å². The second-order valence-electron chi connectivity index (χ2n) is 3.48.